The highest BCUT2D eigenvalue weighted by molar-refractivity contribution is 6.03. The van der Waals surface area contributed by atoms with Gasteiger partial charge in [-0.05, 0) is 13.0 Å². The van der Waals surface area contributed by atoms with E-state index in [1.165, 1.54) is 0 Å². The summed E-state index contributed by atoms with van der Waals surface area (Å²) in [7, 11) is 0. The van der Waals surface area contributed by atoms with Gasteiger partial charge in [-0.15, -0.1) is 0 Å². The van der Waals surface area contributed by atoms with E-state index in [1.54, 1.807) is 12.5 Å². The molecule has 0 N–H and O–H groups in total. The Bertz CT molecular complexity index is 646. The molecule has 0 amide bonds. The van der Waals surface area contributed by atoms with Crippen LogP contribution in [-0.2, 0) is 0 Å². The summed E-state index contributed by atoms with van der Waals surface area (Å²) in [6.07, 6.45) is 3.38. The lowest BCUT2D eigenvalue weighted by molar-refractivity contribution is 1.15. The summed E-state index contributed by atoms with van der Waals surface area (Å²) in [6, 6.07) is 8.08. The lowest BCUT2D eigenvalue weighted by atomic mass is 10.1. The van der Waals surface area contributed by atoms with Gasteiger partial charge >= 0.3 is 0 Å². The molecule has 3 heteroatoms. The fourth-order valence-corrected chi connectivity index (χ4v) is 1.80. The summed E-state index contributed by atoms with van der Waals surface area (Å²) in [5.41, 5.74) is 2.87. The van der Waals surface area contributed by atoms with Crippen LogP contribution in [0.2, 0.25) is 0 Å². The van der Waals surface area contributed by atoms with Gasteiger partial charge in [0.2, 0.25) is 0 Å². The summed E-state index contributed by atoms with van der Waals surface area (Å²) < 4.78 is 0. The fourth-order valence-electron chi connectivity index (χ4n) is 1.80. The molecule has 15 heavy (non-hydrogen) atoms. The molecule has 3 aromatic rings. The first-order valence-electron chi connectivity index (χ1n) is 4.81. The van der Waals surface area contributed by atoms with Crippen LogP contribution in [0.15, 0.2) is 36.8 Å². The van der Waals surface area contributed by atoms with Crippen LogP contribution in [-0.4, -0.2) is 15.0 Å². The Morgan fingerprint density at radius 3 is 2.80 bits per heavy atom. The smallest absolute Gasteiger partial charge is 0.116 e. The zero-order valence-corrected chi connectivity index (χ0v) is 8.31. The Labute approximate surface area is 86.8 Å². The second-order valence-electron chi connectivity index (χ2n) is 3.50. The zero-order chi connectivity index (χ0) is 10.3. The number of aromatic nitrogens is 3. The molecule has 0 saturated heterocycles. The minimum Gasteiger partial charge on any atom is -0.254 e. The highest BCUT2D eigenvalue weighted by Gasteiger charge is 2.04. The third-order valence-electron chi connectivity index (χ3n) is 2.58. The number of hydrogen-bond acceptors (Lipinski definition) is 3. The van der Waals surface area contributed by atoms with Gasteiger partial charge in [0.25, 0.3) is 0 Å². The number of pyridine rings is 1. The fraction of sp³-hybridized carbons (Fsp3) is 0.0833. The Morgan fingerprint density at radius 1 is 0.933 bits per heavy atom. The number of rotatable bonds is 0. The predicted molar refractivity (Wildman–Crippen MR) is 59.6 cm³/mol. The van der Waals surface area contributed by atoms with Crippen molar-refractivity contribution in [2.75, 3.05) is 0 Å². The van der Waals surface area contributed by atoms with Gasteiger partial charge < -0.3 is 0 Å². The molecular weight excluding hydrogens is 186 g/mol. The number of nitrogens with zero attached hydrogens (tertiary/aromatic N) is 3. The average molecular weight is 195 g/mol. The number of aryl methyl sites for hydroxylation is 1. The van der Waals surface area contributed by atoms with Crippen molar-refractivity contribution in [1.82, 2.24) is 15.0 Å². The Balaban J connectivity index is 2.60. The van der Waals surface area contributed by atoms with E-state index in [9.17, 15) is 0 Å². The maximum Gasteiger partial charge on any atom is 0.116 e. The van der Waals surface area contributed by atoms with E-state index < -0.39 is 0 Å². The van der Waals surface area contributed by atoms with Crippen LogP contribution in [0.4, 0.5) is 0 Å². The molecule has 72 valence electrons. The molecule has 0 saturated carbocycles. The molecule has 0 radical (unpaired) electrons. The molecule has 3 nitrogen and oxygen atoms in total. The van der Waals surface area contributed by atoms with Crippen molar-refractivity contribution >= 4 is 21.8 Å². The van der Waals surface area contributed by atoms with Crippen molar-refractivity contribution in [3.63, 3.8) is 0 Å². The van der Waals surface area contributed by atoms with Gasteiger partial charge in [0.05, 0.1) is 5.52 Å². The van der Waals surface area contributed by atoms with Crippen molar-refractivity contribution < 1.29 is 0 Å². The molecule has 0 fully saturated rings. The molecular formula is C12H9N3. The molecule has 0 aliphatic heterocycles. The SMILES string of the molecule is Cc1ncnc2c1ccc1cccnc12. The third-order valence-corrected chi connectivity index (χ3v) is 2.58. The molecule has 2 heterocycles. The first-order chi connectivity index (χ1) is 7.36. The van der Waals surface area contributed by atoms with E-state index in [-0.39, 0.29) is 0 Å². The van der Waals surface area contributed by atoms with E-state index in [4.69, 9.17) is 0 Å². The van der Waals surface area contributed by atoms with Crippen LogP contribution >= 0.6 is 0 Å². The van der Waals surface area contributed by atoms with Gasteiger partial charge in [-0.2, -0.15) is 0 Å². The lowest BCUT2D eigenvalue weighted by Gasteiger charge is -2.02. The van der Waals surface area contributed by atoms with Gasteiger partial charge in [0, 0.05) is 22.7 Å². The predicted octanol–water partition coefficient (Wildman–Crippen LogP) is 2.49. The van der Waals surface area contributed by atoms with Crippen molar-refractivity contribution in [3.05, 3.63) is 42.5 Å². The van der Waals surface area contributed by atoms with Crippen molar-refractivity contribution in [2.24, 2.45) is 0 Å². The average Bonchev–Trinajstić information content (AvgIpc) is 2.29. The van der Waals surface area contributed by atoms with Gasteiger partial charge in [0.1, 0.15) is 11.8 Å². The van der Waals surface area contributed by atoms with Crippen LogP contribution in [0.3, 0.4) is 0 Å². The Hall–Kier alpha value is -2.03. The molecule has 3 rings (SSSR count). The van der Waals surface area contributed by atoms with E-state index in [0.29, 0.717) is 0 Å². The van der Waals surface area contributed by atoms with E-state index in [0.717, 1.165) is 27.5 Å². The van der Waals surface area contributed by atoms with Crippen LogP contribution in [0.1, 0.15) is 5.69 Å². The summed E-state index contributed by atoms with van der Waals surface area (Å²) in [4.78, 5) is 12.8. The van der Waals surface area contributed by atoms with Crippen molar-refractivity contribution in [3.8, 4) is 0 Å². The Morgan fingerprint density at radius 2 is 1.87 bits per heavy atom. The van der Waals surface area contributed by atoms with Crippen LogP contribution in [0.5, 0.6) is 0 Å². The highest BCUT2D eigenvalue weighted by Crippen LogP contribution is 2.22. The first-order valence-corrected chi connectivity index (χ1v) is 4.81. The van der Waals surface area contributed by atoms with Gasteiger partial charge in [-0.25, -0.2) is 9.97 Å². The topological polar surface area (TPSA) is 38.7 Å². The summed E-state index contributed by atoms with van der Waals surface area (Å²) in [6.45, 7) is 1.98. The minimum absolute atomic E-state index is 0.931. The van der Waals surface area contributed by atoms with Crippen LogP contribution in [0, 0.1) is 6.92 Å². The summed E-state index contributed by atoms with van der Waals surface area (Å²) >= 11 is 0. The van der Waals surface area contributed by atoms with E-state index >= 15 is 0 Å². The second-order valence-corrected chi connectivity index (χ2v) is 3.50. The van der Waals surface area contributed by atoms with E-state index in [2.05, 4.69) is 27.1 Å². The molecule has 2 aromatic heterocycles. The number of fused-ring (bicyclic) bond motifs is 3. The largest absolute Gasteiger partial charge is 0.254 e. The number of hydrogen-bond donors (Lipinski definition) is 0. The monoisotopic (exact) mass is 195 g/mol. The second kappa shape index (κ2) is 2.98. The van der Waals surface area contributed by atoms with Gasteiger partial charge in [-0.1, -0.05) is 18.2 Å². The normalized spacial score (nSPS) is 11.0. The standard InChI is InChI=1S/C12H9N3/c1-8-10-5-4-9-3-2-6-13-11(9)12(10)15-7-14-8/h2-7H,1H3. The molecule has 0 unspecified atom stereocenters. The Kier molecular flexibility index (Phi) is 1.65. The van der Waals surface area contributed by atoms with Crippen LogP contribution < -0.4 is 0 Å². The zero-order valence-electron chi connectivity index (χ0n) is 8.31. The lowest BCUT2D eigenvalue weighted by Crippen LogP contribution is -1.89. The minimum atomic E-state index is 0.931. The molecule has 0 aliphatic rings. The maximum atomic E-state index is 4.36. The van der Waals surface area contributed by atoms with Gasteiger partial charge in [-0.3, -0.25) is 4.98 Å². The quantitative estimate of drug-likeness (QED) is 0.517. The van der Waals surface area contributed by atoms with Crippen LogP contribution in [0.25, 0.3) is 21.8 Å². The molecule has 0 spiro atoms. The van der Waals surface area contributed by atoms with Crippen molar-refractivity contribution in [1.29, 1.82) is 0 Å². The van der Waals surface area contributed by atoms with Crippen molar-refractivity contribution in [2.45, 2.75) is 6.92 Å². The van der Waals surface area contributed by atoms with E-state index in [1.807, 2.05) is 19.1 Å². The van der Waals surface area contributed by atoms with Gasteiger partial charge in [0.15, 0.2) is 0 Å². The maximum absolute atomic E-state index is 4.36. The molecule has 1 aromatic carbocycles. The molecule has 0 aliphatic carbocycles. The molecule has 0 bridgehead atoms. The summed E-state index contributed by atoms with van der Waals surface area (Å²) in [5, 5.41) is 2.19. The molecule has 0 atom stereocenters. The summed E-state index contributed by atoms with van der Waals surface area (Å²) in [5.74, 6) is 0. The first kappa shape index (κ1) is 8.29. The third kappa shape index (κ3) is 1.16. The highest BCUT2D eigenvalue weighted by atomic mass is 14.8. The number of benzene rings is 1.